The van der Waals surface area contributed by atoms with E-state index in [1.807, 2.05) is 6.92 Å². The maximum atomic E-state index is 10.5. The molecule has 1 rings (SSSR count). The third-order valence-corrected chi connectivity index (χ3v) is 2.52. The van der Waals surface area contributed by atoms with Crippen LogP contribution in [0.1, 0.15) is 15.9 Å². The van der Waals surface area contributed by atoms with Gasteiger partial charge in [0.05, 0.1) is 0 Å². The van der Waals surface area contributed by atoms with Gasteiger partial charge in [-0.05, 0) is 24.6 Å². The van der Waals surface area contributed by atoms with Gasteiger partial charge in [-0.2, -0.15) is 0 Å². The van der Waals surface area contributed by atoms with Gasteiger partial charge in [-0.3, -0.25) is 4.79 Å². The lowest BCUT2D eigenvalue weighted by molar-refractivity contribution is 0.112. The highest BCUT2D eigenvalue weighted by Crippen LogP contribution is 2.23. The molecule has 0 atom stereocenters. The number of carbonyl (C=O) groups is 1. The van der Waals surface area contributed by atoms with Crippen molar-refractivity contribution in [2.75, 3.05) is 0 Å². The van der Waals surface area contributed by atoms with Crippen molar-refractivity contribution < 1.29 is 4.79 Å². The predicted molar refractivity (Wildman–Crippen MR) is 49.3 cm³/mol. The molecule has 1 nitrogen and oxygen atoms in total. The van der Waals surface area contributed by atoms with Gasteiger partial charge in [0.1, 0.15) is 6.29 Å². The van der Waals surface area contributed by atoms with E-state index in [2.05, 4.69) is 15.9 Å². The molecule has 0 amide bonds. The zero-order chi connectivity index (χ0) is 8.43. The van der Waals surface area contributed by atoms with Crippen molar-refractivity contribution in [3.05, 3.63) is 32.8 Å². The van der Waals surface area contributed by atoms with Crippen molar-refractivity contribution >= 4 is 33.8 Å². The molecular formula is C8H6BrClO. The molecule has 0 unspecified atom stereocenters. The van der Waals surface area contributed by atoms with Crippen LogP contribution in [0.2, 0.25) is 5.02 Å². The maximum absolute atomic E-state index is 10.5. The van der Waals surface area contributed by atoms with Gasteiger partial charge in [-0.15, -0.1) is 0 Å². The second-order valence-corrected chi connectivity index (χ2v) is 3.51. The Hall–Kier alpha value is -0.340. The number of benzene rings is 1. The van der Waals surface area contributed by atoms with E-state index in [0.29, 0.717) is 10.6 Å². The first-order valence-corrected chi connectivity index (χ1v) is 4.23. The highest BCUT2D eigenvalue weighted by Gasteiger charge is 2.02. The molecule has 0 saturated carbocycles. The van der Waals surface area contributed by atoms with Crippen LogP contribution in [0.25, 0.3) is 0 Å². The summed E-state index contributed by atoms with van der Waals surface area (Å²) >= 11 is 9.01. The Morgan fingerprint density at radius 2 is 2.18 bits per heavy atom. The van der Waals surface area contributed by atoms with Crippen molar-refractivity contribution in [2.45, 2.75) is 6.92 Å². The summed E-state index contributed by atoms with van der Waals surface area (Å²) in [6, 6.07) is 3.42. The topological polar surface area (TPSA) is 17.1 Å². The molecule has 0 heterocycles. The number of aldehydes is 1. The molecule has 1 aromatic rings. The fraction of sp³-hybridized carbons (Fsp3) is 0.125. The fourth-order valence-corrected chi connectivity index (χ4v) is 1.62. The van der Waals surface area contributed by atoms with Gasteiger partial charge in [0.15, 0.2) is 0 Å². The Balaban J connectivity index is 3.35. The third kappa shape index (κ3) is 1.82. The highest BCUT2D eigenvalue weighted by molar-refractivity contribution is 9.10. The minimum Gasteiger partial charge on any atom is -0.298 e. The van der Waals surface area contributed by atoms with E-state index in [-0.39, 0.29) is 0 Å². The van der Waals surface area contributed by atoms with Gasteiger partial charge in [-0.25, -0.2) is 0 Å². The van der Waals surface area contributed by atoms with E-state index >= 15 is 0 Å². The van der Waals surface area contributed by atoms with Crippen LogP contribution in [0.15, 0.2) is 16.6 Å². The molecule has 0 bridgehead atoms. The van der Waals surface area contributed by atoms with Crippen LogP contribution in [-0.2, 0) is 0 Å². The molecule has 0 aromatic heterocycles. The Morgan fingerprint density at radius 1 is 1.55 bits per heavy atom. The second-order valence-electron chi connectivity index (χ2n) is 2.22. The summed E-state index contributed by atoms with van der Waals surface area (Å²) in [6.07, 6.45) is 0.798. The summed E-state index contributed by atoms with van der Waals surface area (Å²) in [4.78, 5) is 10.5. The second kappa shape index (κ2) is 3.37. The number of carbonyl (C=O) groups excluding carboxylic acids is 1. The molecular weight excluding hydrogens is 227 g/mol. The van der Waals surface area contributed by atoms with E-state index < -0.39 is 0 Å². The van der Waals surface area contributed by atoms with Crippen molar-refractivity contribution in [1.29, 1.82) is 0 Å². The molecule has 0 aliphatic carbocycles. The zero-order valence-corrected chi connectivity index (χ0v) is 8.24. The van der Waals surface area contributed by atoms with Gasteiger partial charge in [0.25, 0.3) is 0 Å². The molecule has 11 heavy (non-hydrogen) atoms. The first-order valence-electron chi connectivity index (χ1n) is 3.06. The maximum Gasteiger partial charge on any atom is 0.150 e. The Morgan fingerprint density at radius 3 is 2.73 bits per heavy atom. The summed E-state index contributed by atoms with van der Waals surface area (Å²) in [7, 11) is 0. The SMILES string of the molecule is Cc1c(Br)cc(Cl)cc1C=O. The van der Waals surface area contributed by atoms with Gasteiger partial charge >= 0.3 is 0 Å². The normalized spacial score (nSPS) is 9.73. The van der Waals surface area contributed by atoms with Crippen LogP contribution in [0.5, 0.6) is 0 Å². The van der Waals surface area contributed by atoms with Gasteiger partial charge < -0.3 is 0 Å². The van der Waals surface area contributed by atoms with Crippen LogP contribution in [0.4, 0.5) is 0 Å². The lowest BCUT2D eigenvalue weighted by atomic mass is 10.1. The Bertz CT molecular complexity index is 296. The van der Waals surface area contributed by atoms with Crippen LogP contribution in [0, 0.1) is 6.92 Å². The van der Waals surface area contributed by atoms with Crippen molar-refractivity contribution in [3.63, 3.8) is 0 Å². The van der Waals surface area contributed by atoms with E-state index in [0.717, 1.165) is 16.3 Å². The minimum absolute atomic E-state index is 0.574. The van der Waals surface area contributed by atoms with E-state index in [9.17, 15) is 4.79 Å². The molecule has 1 aromatic carbocycles. The summed E-state index contributed by atoms with van der Waals surface area (Å²) in [5.74, 6) is 0. The van der Waals surface area contributed by atoms with Crippen LogP contribution in [-0.4, -0.2) is 6.29 Å². The van der Waals surface area contributed by atoms with Crippen LogP contribution in [0.3, 0.4) is 0 Å². The zero-order valence-electron chi connectivity index (χ0n) is 5.90. The molecule has 0 fully saturated rings. The summed E-state index contributed by atoms with van der Waals surface area (Å²) in [5.41, 5.74) is 1.55. The van der Waals surface area contributed by atoms with Crippen LogP contribution >= 0.6 is 27.5 Å². The molecule has 58 valence electrons. The largest absolute Gasteiger partial charge is 0.298 e. The van der Waals surface area contributed by atoms with E-state index in [1.54, 1.807) is 12.1 Å². The minimum atomic E-state index is 0.574. The third-order valence-electron chi connectivity index (χ3n) is 1.48. The molecule has 0 aliphatic rings. The van der Waals surface area contributed by atoms with E-state index in [4.69, 9.17) is 11.6 Å². The molecule has 0 N–H and O–H groups in total. The van der Waals surface area contributed by atoms with E-state index in [1.165, 1.54) is 0 Å². The number of rotatable bonds is 1. The van der Waals surface area contributed by atoms with Gasteiger partial charge in [-0.1, -0.05) is 27.5 Å². The van der Waals surface area contributed by atoms with Crippen molar-refractivity contribution in [1.82, 2.24) is 0 Å². The highest BCUT2D eigenvalue weighted by atomic mass is 79.9. The van der Waals surface area contributed by atoms with Crippen molar-refractivity contribution in [2.24, 2.45) is 0 Å². The molecule has 0 spiro atoms. The molecule has 3 heteroatoms. The first kappa shape index (κ1) is 8.75. The predicted octanol–water partition coefficient (Wildman–Crippen LogP) is 3.22. The quantitative estimate of drug-likeness (QED) is 0.681. The Labute approximate surface area is 78.5 Å². The monoisotopic (exact) mass is 232 g/mol. The molecule has 0 radical (unpaired) electrons. The lowest BCUT2D eigenvalue weighted by Gasteiger charge is -2.01. The average molecular weight is 233 g/mol. The first-order chi connectivity index (χ1) is 5.15. The fourth-order valence-electron chi connectivity index (χ4n) is 0.788. The molecule has 0 aliphatic heterocycles. The average Bonchev–Trinajstić information content (AvgIpc) is 1.96. The smallest absolute Gasteiger partial charge is 0.150 e. The standard InChI is InChI=1S/C8H6BrClO/c1-5-6(4-11)2-7(10)3-8(5)9/h2-4H,1H3. The number of hydrogen-bond donors (Lipinski definition) is 0. The Kier molecular flexibility index (Phi) is 2.68. The molecule has 0 saturated heterocycles. The van der Waals surface area contributed by atoms with Gasteiger partial charge in [0.2, 0.25) is 0 Å². The number of hydrogen-bond acceptors (Lipinski definition) is 1. The summed E-state index contributed by atoms with van der Waals surface area (Å²) in [6.45, 7) is 1.87. The summed E-state index contributed by atoms with van der Waals surface area (Å²) < 4.78 is 0.868. The summed E-state index contributed by atoms with van der Waals surface area (Å²) in [5, 5.41) is 0.574. The van der Waals surface area contributed by atoms with Crippen LogP contribution < -0.4 is 0 Å². The lowest BCUT2D eigenvalue weighted by Crippen LogP contribution is -1.86. The van der Waals surface area contributed by atoms with Gasteiger partial charge in [0, 0.05) is 15.1 Å². The van der Waals surface area contributed by atoms with Crippen molar-refractivity contribution in [3.8, 4) is 0 Å². The number of halogens is 2.